The van der Waals surface area contributed by atoms with Crippen molar-refractivity contribution in [2.75, 3.05) is 10.6 Å². The van der Waals surface area contributed by atoms with Crippen LogP contribution in [0.5, 0.6) is 0 Å². The number of carbonyl (C=O) groups excluding carboxylic acids is 1. The lowest BCUT2D eigenvalue weighted by atomic mass is 9.92. The zero-order chi connectivity index (χ0) is 20.9. The lowest BCUT2D eigenvalue weighted by Gasteiger charge is -2.14. The molecule has 0 saturated heterocycles. The van der Waals surface area contributed by atoms with E-state index >= 15 is 0 Å². The van der Waals surface area contributed by atoms with Crippen LogP contribution in [0.4, 0.5) is 15.6 Å². The number of carbonyl (C=O) groups is 1. The molecule has 0 spiro atoms. The SMILES string of the molecule is O=C(Nc1nnc(C(c2ccccc2)c2ccccc2)s1)Nc1ccc(Cl)cc1Cl. The highest BCUT2D eigenvalue weighted by molar-refractivity contribution is 7.15. The molecule has 0 bridgehead atoms. The Bertz CT molecular complexity index is 1110. The molecule has 0 fully saturated rings. The molecular weight excluding hydrogens is 439 g/mol. The van der Waals surface area contributed by atoms with Gasteiger partial charge in [-0.1, -0.05) is 95.2 Å². The van der Waals surface area contributed by atoms with Gasteiger partial charge in [0.1, 0.15) is 5.01 Å². The third-order valence-corrected chi connectivity index (χ3v) is 5.80. The third kappa shape index (κ3) is 4.79. The molecule has 150 valence electrons. The normalized spacial score (nSPS) is 10.8. The maximum atomic E-state index is 12.4. The van der Waals surface area contributed by atoms with Gasteiger partial charge in [0.15, 0.2) is 0 Å². The number of anilines is 2. The first kappa shape index (κ1) is 20.3. The maximum absolute atomic E-state index is 12.4. The summed E-state index contributed by atoms with van der Waals surface area (Å²) in [6.45, 7) is 0. The van der Waals surface area contributed by atoms with Crippen molar-refractivity contribution in [2.24, 2.45) is 0 Å². The van der Waals surface area contributed by atoms with E-state index < -0.39 is 6.03 Å². The highest BCUT2D eigenvalue weighted by atomic mass is 35.5. The fourth-order valence-electron chi connectivity index (χ4n) is 3.01. The van der Waals surface area contributed by atoms with Crippen molar-refractivity contribution < 1.29 is 4.79 Å². The number of urea groups is 1. The van der Waals surface area contributed by atoms with E-state index in [1.165, 1.54) is 11.3 Å². The molecule has 30 heavy (non-hydrogen) atoms. The zero-order valence-electron chi connectivity index (χ0n) is 15.5. The molecule has 0 aliphatic carbocycles. The lowest BCUT2D eigenvalue weighted by molar-refractivity contribution is 0.262. The summed E-state index contributed by atoms with van der Waals surface area (Å²) in [4.78, 5) is 12.4. The quantitative estimate of drug-likeness (QED) is 0.353. The Morgan fingerprint density at radius 2 is 1.47 bits per heavy atom. The highest BCUT2D eigenvalue weighted by Crippen LogP contribution is 2.34. The lowest BCUT2D eigenvalue weighted by Crippen LogP contribution is -2.19. The molecule has 0 radical (unpaired) electrons. The Hall–Kier alpha value is -2.93. The minimum absolute atomic E-state index is 0.0748. The number of hydrogen-bond acceptors (Lipinski definition) is 4. The molecule has 4 rings (SSSR count). The molecule has 1 heterocycles. The molecule has 0 unspecified atom stereocenters. The molecule has 2 N–H and O–H groups in total. The van der Waals surface area contributed by atoms with Gasteiger partial charge < -0.3 is 5.32 Å². The second-order valence-corrected chi connectivity index (χ2v) is 8.26. The molecule has 0 atom stereocenters. The first-order chi connectivity index (χ1) is 14.6. The van der Waals surface area contributed by atoms with Gasteiger partial charge in [0, 0.05) is 5.02 Å². The van der Waals surface area contributed by atoms with Gasteiger partial charge in [0.2, 0.25) is 5.13 Å². The fourth-order valence-corrected chi connectivity index (χ4v) is 4.36. The summed E-state index contributed by atoms with van der Waals surface area (Å²) in [6.07, 6.45) is 0. The van der Waals surface area contributed by atoms with Gasteiger partial charge in [0.05, 0.1) is 16.6 Å². The van der Waals surface area contributed by atoms with E-state index in [-0.39, 0.29) is 5.92 Å². The van der Waals surface area contributed by atoms with E-state index in [2.05, 4.69) is 45.1 Å². The monoisotopic (exact) mass is 454 g/mol. The predicted octanol–water partition coefficient (Wildman–Crippen LogP) is 6.67. The molecule has 0 saturated carbocycles. The first-order valence-electron chi connectivity index (χ1n) is 9.06. The van der Waals surface area contributed by atoms with Crippen molar-refractivity contribution in [2.45, 2.75) is 5.92 Å². The second kappa shape index (κ2) is 9.26. The highest BCUT2D eigenvalue weighted by Gasteiger charge is 2.21. The number of halogens is 2. The molecule has 0 aliphatic rings. The number of hydrogen-bond donors (Lipinski definition) is 2. The van der Waals surface area contributed by atoms with Crippen molar-refractivity contribution in [3.05, 3.63) is 105 Å². The molecule has 3 aromatic carbocycles. The van der Waals surface area contributed by atoms with Crippen LogP contribution in [0.15, 0.2) is 78.9 Å². The second-order valence-electron chi connectivity index (χ2n) is 6.40. The Morgan fingerprint density at radius 3 is 2.07 bits per heavy atom. The van der Waals surface area contributed by atoms with Crippen LogP contribution >= 0.6 is 34.5 Å². The average Bonchev–Trinajstić information content (AvgIpc) is 3.19. The summed E-state index contributed by atoms with van der Waals surface area (Å²) >= 11 is 13.3. The van der Waals surface area contributed by atoms with Gasteiger partial charge in [-0.3, -0.25) is 5.32 Å². The van der Waals surface area contributed by atoms with Crippen LogP contribution in [0.25, 0.3) is 0 Å². The third-order valence-electron chi connectivity index (χ3n) is 4.35. The predicted molar refractivity (Wildman–Crippen MR) is 123 cm³/mol. The summed E-state index contributed by atoms with van der Waals surface area (Å²) in [6, 6.07) is 24.5. The summed E-state index contributed by atoms with van der Waals surface area (Å²) in [5.74, 6) is -0.0748. The van der Waals surface area contributed by atoms with E-state index in [4.69, 9.17) is 23.2 Å². The van der Waals surface area contributed by atoms with Gasteiger partial charge in [-0.15, -0.1) is 10.2 Å². The van der Waals surface area contributed by atoms with E-state index in [0.717, 1.165) is 16.1 Å². The molecule has 2 amide bonds. The number of amides is 2. The van der Waals surface area contributed by atoms with Crippen LogP contribution in [-0.2, 0) is 0 Å². The molecule has 1 aromatic heterocycles. The summed E-state index contributed by atoms with van der Waals surface area (Å²) < 4.78 is 0. The number of rotatable bonds is 5. The van der Waals surface area contributed by atoms with Gasteiger partial charge in [-0.2, -0.15) is 0 Å². The van der Waals surface area contributed by atoms with Crippen LogP contribution < -0.4 is 10.6 Å². The smallest absolute Gasteiger partial charge is 0.306 e. The Kier molecular flexibility index (Phi) is 6.28. The van der Waals surface area contributed by atoms with E-state index in [9.17, 15) is 4.79 Å². The van der Waals surface area contributed by atoms with Gasteiger partial charge >= 0.3 is 6.03 Å². The Morgan fingerprint density at radius 1 is 0.833 bits per heavy atom. The van der Waals surface area contributed by atoms with Crippen LogP contribution in [0, 0.1) is 0 Å². The van der Waals surface area contributed by atoms with Crippen molar-refractivity contribution in [1.29, 1.82) is 0 Å². The van der Waals surface area contributed by atoms with Crippen LogP contribution in [0.2, 0.25) is 10.0 Å². The topological polar surface area (TPSA) is 66.9 Å². The van der Waals surface area contributed by atoms with E-state index in [1.807, 2.05) is 36.4 Å². The Balaban J connectivity index is 1.55. The van der Waals surface area contributed by atoms with E-state index in [0.29, 0.717) is 20.9 Å². The largest absolute Gasteiger partial charge is 0.325 e. The number of nitrogens with one attached hydrogen (secondary N) is 2. The first-order valence-corrected chi connectivity index (χ1v) is 10.6. The standard InChI is InChI=1S/C22H16Cl2N4OS/c23-16-11-12-18(17(24)13-16)25-21(29)26-22-28-27-20(30-22)19(14-7-3-1-4-8-14)15-9-5-2-6-10-15/h1-13,19H,(H2,25,26,28,29). The molecule has 8 heteroatoms. The van der Waals surface area contributed by atoms with Gasteiger partial charge in [0.25, 0.3) is 0 Å². The number of nitrogens with zero attached hydrogens (tertiary/aromatic N) is 2. The van der Waals surface area contributed by atoms with Crippen molar-refractivity contribution in [3.8, 4) is 0 Å². The number of benzene rings is 3. The van der Waals surface area contributed by atoms with E-state index in [1.54, 1.807) is 18.2 Å². The fraction of sp³-hybridized carbons (Fsp3) is 0.0455. The Labute approximate surface area is 187 Å². The van der Waals surface area contributed by atoms with Crippen molar-refractivity contribution >= 4 is 51.4 Å². The summed E-state index contributed by atoms with van der Waals surface area (Å²) in [5, 5.41) is 15.9. The minimum Gasteiger partial charge on any atom is -0.306 e. The minimum atomic E-state index is -0.460. The molecule has 5 nitrogen and oxygen atoms in total. The zero-order valence-corrected chi connectivity index (χ0v) is 17.9. The maximum Gasteiger partial charge on any atom is 0.325 e. The van der Waals surface area contributed by atoms with Crippen LogP contribution in [-0.4, -0.2) is 16.2 Å². The summed E-state index contributed by atoms with van der Waals surface area (Å²) in [5.41, 5.74) is 2.65. The van der Waals surface area contributed by atoms with Gasteiger partial charge in [-0.25, -0.2) is 4.79 Å². The molecule has 0 aliphatic heterocycles. The van der Waals surface area contributed by atoms with Crippen LogP contribution in [0.1, 0.15) is 22.1 Å². The molecule has 4 aromatic rings. The molecular formula is C22H16Cl2N4OS. The average molecular weight is 455 g/mol. The van der Waals surface area contributed by atoms with Crippen molar-refractivity contribution in [1.82, 2.24) is 10.2 Å². The van der Waals surface area contributed by atoms with Crippen molar-refractivity contribution in [3.63, 3.8) is 0 Å². The van der Waals surface area contributed by atoms with Gasteiger partial charge in [-0.05, 0) is 29.3 Å². The summed E-state index contributed by atoms with van der Waals surface area (Å²) in [7, 11) is 0. The number of aromatic nitrogens is 2. The van der Waals surface area contributed by atoms with Crippen LogP contribution in [0.3, 0.4) is 0 Å².